The minimum absolute atomic E-state index is 0.0164. The summed E-state index contributed by atoms with van der Waals surface area (Å²) >= 11 is 0. The summed E-state index contributed by atoms with van der Waals surface area (Å²) in [6.07, 6.45) is 0. The van der Waals surface area contributed by atoms with Crippen LogP contribution in [0.5, 0.6) is 0 Å². The van der Waals surface area contributed by atoms with Crippen LogP contribution < -0.4 is 5.32 Å². The molecule has 0 aliphatic rings. The number of ether oxygens (including phenoxy) is 1. The van der Waals surface area contributed by atoms with E-state index in [0.29, 0.717) is 6.54 Å². The first kappa shape index (κ1) is 14.6. The Labute approximate surface area is 109 Å². The zero-order valence-corrected chi connectivity index (χ0v) is 10.6. The highest BCUT2D eigenvalue weighted by Gasteiger charge is 2.18. The van der Waals surface area contributed by atoms with E-state index in [9.17, 15) is 19.7 Å². The highest BCUT2D eigenvalue weighted by molar-refractivity contribution is 5.98. The molecule has 1 aromatic rings. The molecule has 0 aromatic heterocycles. The molecule has 1 amide bonds. The monoisotopic (exact) mass is 266 g/mol. The van der Waals surface area contributed by atoms with Gasteiger partial charge in [0.1, 0.15) is 0 Å². The number of non-ortho nitro benzene ring substituents is 1. The van der Waals surface area contributed by atoms with Crippen LogP contribution in [-0.2, 0) is 4.74 Å². The molecule has 1 N–H and O–H groups in total. The van der Waals surface area contributed by atoms with Gasteiger partial charge < -0.3 is 10.1 Å². The second kappa shape index (κ2) is 6.48. The summed E-state index contributed by atoms with van der Waals surface area (Å²) in [6.45, 7) is 3.88. The summed E-state index contributed by atoms with van der Waals surface area (Å²) in [4.78, 5) is 33.4. The van der Waals surface area contributed by atoms with Gasteiger partial charge >= 0.3 is 5.97 Å². The molecule has 0 bridgehead atoms. The number of carbonyl (C=O) groups excluding carboxylic acids is 2. The van der Waals surface area contributed by atoms with Crippen LogP contribution >= 0.6 is 0 Å². The van der Waals surface area contributed by atoms with E-state index in [1.165, 1.54) is 6.07 Å². The number of nitro benzene ring substituents is 1. The zero-order valence-electron chi connectivity index (χ0n) is 10.6. The number of hydrogen-bond donors (Lipinski definition) is 1. The van der Waals surface area contributed by atoms with E-state index < -0.39 is 16.8 Å². The first-order chi connectivity index (χ1) is 8.99. The van der Waals surface area contributed by atoms with Crippen molar-refractivity contribution in [2.75, 3.05) is 13.2 Å². The zero-order chi connectivity index (χ0) is 14.4. The van der Waals surface area contributed by atoms with Crippen molar-refractivity contribution in [1.82, 2.24) is 5.32 Å². The van der Waals surface area contributed by atoms with Crippen molar-refractivity contribution in [1.29, 1.82) is 0 Å². The van der Waals surface area contributed by atoms with E-state index in [-0.39, 0.29) is 23.4 Å². The van der Waals surface area contributed by atoms with E-state index in [1.807, 2.05) is 0 Å². The van der Waals surface area contributed by atoms with E-state index in [0.717, 1.165) is 12.1 Å². The third kappa shape index (κ3) is 3.77. The van der Waals surface area contributed by atoms with Crippen LogP contribution in [0.3, 0.4) is 0 Å². The molecule has 19 heavy (non-hydrogen) atoms. The molecule has 0 saturated carbocycles. The lowest BCUT2D eigenvalue weighted by Gasteiger charge is -2.06. The lowest BCUT2D eigenvalue weighted by atomic mass is 10.1. The Morgan fingerprint density at radius 3 is 2.42 bits per heavy atom. The van der Waals surface area contributed by atoms with Crippen LogP contribution in [-0.4, -0.2) is 30.0 Å². The Morgan fingerprint density at radius 1 is 1.26 bits per heavy atom. The molecular weight excluding hydrogens is 252 g/mol. The van der Waals surface area contributed by atoms with Crippen molar-refractivity contribution < 1.29 is 19.2 Å². The maximum absolute atomic E-state index is 11.7. The van der Waals surface area contributed by atoms with Crippen LogP contribution in [0.25, 0.3) is 0 Å². The number of benzene rings is 1. The maximum Gasteiger partial charge on any atom is 0.338 e. The molecule has 102 valence electrons. The Kier molecular flexibility index (Phi) is 4.99. The largest absolute Gasteiger partial charge is 0.462 e. The van der Waals surface area contributed by atoms with Crippen LogP contribution in [0.2, 0.25) is 0 Å². The fourth-order valence-electron chi connectivity index (χ4n) is 1.44. The van der Waals surface area contributed by atoms with Crippen molar-refractivity contribution in [2.45, 2.75) is 13.8 Å². The molecule has 7 heteroatoms. The molecule has 7 nitrogen and oxygen atoms in total. The molecule has 0 aliphatic heterocycles. The number of nitrogens with zero attached hydrogens (tertiary/aromatic N) is 1. The Balaban J connectivity index is 3.21. The quantitative estimate of drug-likeness (QED) is 0.495. The number of esters is 1. The van der Waals surface area contributed by atoms with E-state index in [1.54, 1.807) is 13.8 Å². The summed E-state index contributed by atoms with van der Waals surface area (Å²) < 4.78 is 4.76. The lowest BCUT2D eigenvalue weighted by molar-refractivity contribution is -0.384. The van der Waals surface area contributed by atoms with Crippen LogP contribution in [0.15, 0.2) is 18.2 Å². The topological polar surface area (TPSA) is 98.5 Å². The van der Waals surface area contributed by atoms with Crippen molar-refractivity contribution in [3.05, 3.63) is 39.4 Å². The summed E-state index contributed by atoms with van der Waals surface area (Å²) in [6, 6.07) is 3.48. The van der Waals surface area contributed by atoms with Gasteiger partial charge in [0, 0.05) is 24.2 Å². The Bertz CT molecular complexity index is 477. The second-order valence-electron chi connectivity index (χ2n) is 3.61. The molecule has 0 fully saturated rings. The van der Waals surface area contributed by atoms with Crippen LogP contribution in [0, 0.1) is 10.1 Å². The highest BCUT2D eigenvalue weighted by Crippen LogP contribution is 2.18. The maximum atomic E-state index is 11.7. The van der Waals surface area contributed by atoms with Crippen molar-refractivity contribution in [3.8, 4) is 0 Å². The SMILES string of the molecule is CCNC(=O)c1cc(C(=O)OCC)cc([N+](=O)[O-])c1. The smallest absolute Gasteiger partial charge is 0.338 e. The normalized spacial score (nSPS) is 9.79. The van der Waals surface area contributed by atoms with Gasteiger partial charge in [-0.3, -0.25) is 14.9 Å². The summed E-state index contributed by atoms with van der Waals surface area (Å²) in [5, 5.41) is 13.3. The van der Waals surface area contributed by atoms with Gasteiger partial charge in [0.25, 0.3) is 11.6 Å². The molecule has 0 aliphatic carbocycles. The minimum atomic E-state index is -0.697. The second-order valence-corrected chi connectivity index (χ2v) is 3.61. The molecule has 0 spiro atoms. The third-order valence-corrected chi connectivity index (χ3v) is 2.24. The van der Waals surface area contributed by atoms with Crippen molar-refractivity contribution in [2.24, 2.45) is 0 Å². The van der Waals surface area contributed by atoms with Crippen LogP contribution in [0.1, 0.15) is 34.6 Å². The predicted molar refractivity (Wildman–Crippen MR) is 67.1 cm³/mol. The van der Waals surface area contributed by atoms with E-state index >= 15 is 0 Å². The van der Waals surface area contributed by atoms with E-state index in [4.69, 9.17) is 4.74 Å². The van der Waals surface area contributed by atoms with Crippen molar-refractivity contribution in [3.63, 3.8) is 0 Å². The van der Waals surface area contributed by atoms with Gasteiger partial charge in [0.05, 0.1) is 17.1 Å². The number of nitrogens with one attached hydrogen (secondary N) is 1. The molecule has 1 rings (SSSR count). The van der Waals surface area contributed by atoms with Gasteiger partial charge in [-0.1, -0.05) is 0 Å². The molecule has 0 radical (unpaired) electrons. The number of carbonyl (C=O) groups is 2. The van der Waals surface area contributed by atoms with Gasteiger partial charge in [0.2, 0.25) is 0 Å². The first-order valence-corrected chi connectivity index (χ1v) is 5.74. The van der Waals surface area contributed by atoms with Gasteiger partial charge in [-0.15, -0.1) is 0 Å². The van der Waals surface area contributed by atoms with Gasteiger partial charge in [-0.25, -0.2) is 4.79 Å². The first-order valence-electron chi connectivity index (χ1n) is 5.74. The van der Waals surface area contributed by atoms with Gasteiger partial charge in [-0.05, 0) is 19.9 Å². The standard InChI is InChI=1S/C12H14N2O5/c1-3-13-11(15)8-5-9(12(16)19-4-2)7-10(6-8)14(17)18/h5-7H,3-4H2,1-2H3,(H,13,15). The number of hydrogen-bond acceptors (Lipinski definition) is 5. The average molecular weight is 266 g/mol. The Hall–Kier alpha value is -2.44. The molecule has 0 saturated heterocycles. The van der Waals surface area contributed by atoms with Crippen LogP contribution in [0.4, 0.5) is 5.69 Å². The van der Waals surface area contributed by atoms with E-state index in [2.05, 4.69) is 5.32 Å². The highest BCUT2D eigenvalue weighted by atomic mass is 16.6. The summed E-state index contributed by atoms with van der Waals surface area (Å²) in [7, 11) is 0. The van der Waals surface area contributed by atoms with Crippen molar-refractivity contribution >= 4 is 17.6 Å². The van der Waals surface area contributed by atoms with Gasteiger partial charge in [-0.2, -0.15) is 0 Å². The lowest BCUT2D eigenvalue weighted by Crippen LogP contribution is -2.23. The number of amides is 1. The summed E-state index contributed by atoms with van der Waals surface area (Å²) in [5.74, 6) is -1.17. The number of rotatable bonds is 5. The third-order valence-electron chi connectivity index (χ3n) is 2.24. The average Bonchev–Trinajstić information content (AvgIpc) is 2.38. The molecular formula is C12H14N2O5. The summed E-state index contributed by atoms with van der Waals surface area (Å²) in [5.41, 5.74) is -0.289. The molecule has 1 aromatic carbocycles. The molecule has 0 heterocycles. The fraction of sp³-hybridized carbons (Fsp3) is 0.333. The fourth-order valence-corrected chi connectivity index (χ4v) is 1.44. The van der Waals surface area contributed by atoms with Gasteiger partial charge in [0.15, 0.2) is 0 Å². The molecule has 0 atom stereocenters. The predicted octanol–water partition coefficient (Wildman–Crippen LogP) is 1.52. The minimum Gasteiger partial charge on any atom is -0.462 e. The molecule has 0 unspecified atom stereocenters. The Morgan fingerprint density at radius 2 is 1.89 bits per heavy atom. The number of nitro groups is 1.